The zero-order chi connectivity index (χ0) is 10.7. The molecular weight excluding hydrogens is 247 g/mol. The van der Waals surface area contributed by atoms with Crippen molar-refractivity contribution >= 4 is 24.0 Å². The highest BCUT2D eigenvalue weighted by atomic mass is 35.5. The average molecular weight is 263 g/mol. The first-order valence-corrected chi connectivity index (χ1v) is 5.60. The van der Waals surface area contributed by atoms with Gasteiger partial charge < -0.3 is 10.5 Å². The minimum Gasteiger partial charge on any atom is -0.381 e. The standard InChI is InChI=1S/C11H15ClN2O.ClH/c12-11-9(2-1-5-14-11)10(13)8-3-6-15-7-4-8;/h1-2,5,8,10H,3-4,6-7,13H2;1H/t10-;/m1./s1. The molecule has 0 saturated carbocycles. The van der Waals surface area contributed by atoms with E-state index in [0.29, 0.717) is 11.1 Å². The molecule has 3 nitrogen and oxygen atoms in total. The lowest BCUT2D eigenvalue weighted by Crippen LogP contribution is -2.27. The molecule has 5 heteroatoms. The number of rotatable bonds is 2. The number of aromatic nitrogens is 1. The van der Waals surface area contributed by atoms with Gasteiger partial charge in [-0.2, -0.15) is 0 Å². The fraction of sp³-hybridized carbons (Fsp3) is 0.545. The monoisotopic (exact) mass is 262 g/mol. The molecule has 2 N–H and O–H groups in total. The molecule has 1 fully saturated rings. The lowest BCUT2D eigenvalue weighted by atomic mass is 9.88. The van der Waals surface area contributed by atoms with Crippen molar-refractivity contribution in [3.63, 3.8) is 0 Å². The number of ether oxygens (including phenoxy) is 1. The fourth-order valence-corrected chi connectivity index (χ4v) is 2.22. The van der Waals surface area contributed by atoms with Crippen molar-refractivity contribution in [1.82, 2.24) is 4.98 Å². The Balaban J connectivity index is 0.00000128. The predicted octanol–water partition coefficient (Wildman–Crippen LogP) is 2.58. The maximum atomic E-state index is 6.19. The van der Waals surface area contributed by atoms with Gasteiger partial charge in [0.15, 0.2) is 0 Å². The molecule has 0 unspecified atom stereocenters. The molecule has 16 heavy (non-hydrogen) atoms. The topological polar surface area (TPSA) is 48.1 Å². The fourth-order valence-electron chi connectivity index (χ4n) is 1.98. The summed E-state index contributed by atoms with van der Waals surface area (Å²) in [5.41, 5.74) is 7.14. The molecule has 1 aromatic heterocycles. The van der Waals surface area contributed by atoms with Crippen LogP contribution in [0.4, 0.5) is 0 Å². The lowest BCUT2D eigenvalue weighted by Gasteiger charge is -2.28. The van der Waals surface area contributed by atoms with Gasteiger partial charge in [-0.15, -0.1) is 12.4 Å². The number of pyridine rings is 1. The molecule has 2 rings (SSSR count). The Kier molecular flexibility index (Phi) is 5.49. The van der Waals surface area contributed by atoms with Gasteiger partial charge in [0.25, 0.3) is 0 Å². The quantitative estimate of drug-likeness (QED) is 0.834. The second kappa shape index (κ2) is 6.40. The van der Waals surface area contributed by atoms with Gasteiger partial charge in [-0.3, -0.25) is 0 Å². The van der Waals surface area contributed by atoms with E-state index in [4.69, 9.17) is 22.1 Å². The normalized spacial score (nSPS) is 18.9. The van der Waals surface area contributed by atoms with E-state index in [1.807, 2.05) is 12.1 Å². The Hall–Kier alpha value is -0.350. The van der Waals surface area contributed by atoms with Crippen LogP contribution in [-0.2, 0) is 4.74 Å². The summed E-state index contributed by atoms with van der Waals surface area (Å²) in [7, 11) is 0. The van der Waals surface area contributed by atoms with Gasteiger partial charge in [0.2, 0.25) is 0 Å². The Labute approximate surface area is 107 Å². The van der Waals surface area contributed by atoms with Crippen LogP contribution < -0.4 is 5.73 Å². The van der Waals surface area contributed by atoms with Crippen LogP contribution in [0.1, 0.15) is 24.4 Å². The maximum absolute atomic E-state index is 6.19. The van der Waals surface area contributed by atoms with E-state index in [1.54, 1.807) is 6.20 Å². The van der Waals surface area contributed by atoms with Crippen LogP contribution in [0.15, 0.2) is 18.3 Å². The summed E-state index contributed by atoms with van der Waals surface area (Å²) in [6.45, 7) is 1.60. The van der Waals surface area contributed by atoms with Crippen molar-refractivity contribution in [3.8, 4) is 0 Å². The summed E-state index contributed by atoms with van der Waals surface area (Å²) in [4.78, 5) is 4.05. The van der Waals surface area contributed by atoms with Gasteiger partial charge in [-0.05, 0) is 24.8 Å². The van der Waals surface area contributed by atoms with Crippen LogP contribution in [0.2, 0.25) is 5.15 Å². The molecule has 0 spiro atoms. The second-order valence-electron chi connectivity index (χ2n) is 3.86. The molecule has 0 bridgehead atoms. The van der Waals surface area contributed by atoms with Crippen LogP contribution in [0, 0.1) is 5.92 Å². The Bertz CT molecular complexity index is 330. The average Bonchev–Trinajstić information content (AvgIpc) is 2.30. The number of nitrogens with two attached hydrogens (primary N) is 1. The molecule has 0 amide bonds. The van der Waals surface area contributed by atoms with Gasteiger partial charge in [0.05, 0.1) is 0 Å². The lowest BCUT2D eigenvalue weighted by molar-refractivity contribution is 0.0583. The number of halogens is 2. The van der Waals surface area contributed by atoms with Crippen LogP contribution >= 0.6 is 24.0 Å². The zero-order valence-electron chi connectivity index (χ0n) is 8.93. The summed E-state index contributed by atoms with van der Waals surface area (Å²) in [5.74, 6) is 0.459. The largest absolute Gasteiger partial charge is 0.381 e. The van der Waals surface area contributed by atoms with Crippen molar-refractivity contribution in [2.75, 3.05) is 13.2 Å². The Morgan fingerprint density at radius 1 is 1.44 bits per heavy atom. The first-order chi connectivity index (χ1) is 7.29. The second-order valence-corrected chi connectivity index (χ2v) is 4.22. The molecule has 0 aromatic carbocycles. The van der Waals surface area contributed by atoms with E-state index in [9.17, 15) is 0 Å². The van der Waals surface area contributed by atoms with Crippen molar-refractivity contribution < 1.29 is 4.74 Å². The Morgan fingerprint density at radius 3 is 2.75 bits per heavy atom. The van der Waals surface area contributed by atoms with Crippen LogP contribution in [0.3, 0.4) is 0 Å². The SMILES string of the molecule is Cl.N[C@@H](c1cccnc1Cl)C1CCOCC1. The highest BCUT2D eigenvalue weighted by Gasteiger charge is 2.23. The van der Waals surface area contributed by atoms with Gasteiger partial charge in [0.1, 0.15) is 5.15 Å². The maximum Gasteiger partial charge on any atom is 0.133 e. The van der Waals surface area contributed by atoms with E-state index < -0.39 is 0 Å². The van der Waals surface area contributed by atoms with Crippen LogP contribution in [0.5, 0.6) is 0 Å². The molecule has 1 aromatic rings. The van der Waals surface area contributed by atoms with Gasteiger partial charge >= 0.3 is 0 Å². The van der Waals surface area contributed by atoms with E-state index in [0.717, 1.165) is 31.6 Å². The Morgan fingerprint density at radius 2 is 2.12 bits per heavy atom. The first-order valence-electron chi connectivity index (χ1n) is 5.23. The third-order valence-corrected chi connectivity index (χ3v) is 3.24. The van der Waals surface area contributed by atoms with E-state index in [2.05, 4.69) is 4.98 Å². The summed E-state index contributed by atoms with van der Waals surface area (Å²) < 4.78 is 5.31. The van der Waals surface area contributed by atoms with Gasteiger partial charge in [-0.1, -0.05) is 17.7 Å². The highest BCUT2D eigenvalue weighted by molar-refractivity contribution is 6.30. The number of hydrogen-bond donors (Lipinski definition) is 1. The number of hydrogen-bond acceptors (Lipinski definition) is 3. The van der Waals surface area contributed by atoms with Crippen molar-refractivity contribution in [2.24, 2.45) is 11.7 Å². The first kappa shape index (κ1) is 13.7. The van der Waals surface area contributed by atoms with E-state index >= 15 is 0 Å². The zero-order valence-corrected chi connectivity index (χ0v) is 10.5. The van der Waals surface area contributed by atoms with Crippen LogP contribution in [0.25, 0.3) is 0 Å². The van der Waals surface area contributed by atoms with Crippen LogP contribution in [-0.4, -0.2) is 18.2 Å². The molecule has 2 heterocycles. The minimum atomic E-state index is -0.0184. The summed E-state index contributed by atoms with van der Waals surface area (Å²) in [5, 5.41) is 0.525. The smallest absolute Gasteiger partial charge is 0.133 e. The summed E-state index contributed by atoms with van der Waals surface area (Å²) >= 11 is 6.02. The van der Waals surface area contributed by atoms with Crippen molar-refractivity contribution in [2.45, 2.75) is 18.9 Å². The third kappa shape index (κ3) is 3.08. The molecule has 1 aliphatic rings. The van der Waals surface area contributed by atoms with Crippen molar-refractivity contribution in [1.29, 1.82) is 0 Å². The van der Waals surface area contributed by atoms with E-state index in [-0.39, 0.29) is 18.4 Å². The molecule has 1 atom stereocenters. The molecule has 1 aliphatic heterocycles. The summed E-state index contributed by atoms with van der Waals surface area (Å²) in [6, 6.07) is 3.81. The molecular formula is C11H16Cl2N2O. The predicted molar refractivity (Wildman–Crippen MR) is 67.0 cm³/mol. The molecule has 1 saturated heterocycles. The molecule has 90 valence electrons. The summed E-state index contributed by atoms with van der Waals surface area (Å²) in [6.07, 6.45) is 3.70. The van der Waals surface area contributed by atoms with Crippen molar-refractivity contribution in [3.05, 3.63) is 29.0 Å². The van der Waals surface area contributed by atoms with Gasteiger partial charge in [0, 0.05) is 31.0 Å². The number of nitrogens with zero attached hydrogens (tertiary/aromatic N) is 1. The minimum absolute atomic E-state index is 0. The van der Waals surface area contributed by atoms with Gasteiger partial charge in [-0.25, -0.2) is 4.98 Å². The highest BCUT2D eigenvalue weighted by Crippen LogP contribution is 2.30. The molecule has 0 radical (unpaired) electrons. The van der Waals surface area contributed by atoms with E-state index in [1.165, 1.54) is 0 Å². The third-order valence-electron chi connectivity index (χ3n) is 2.92. The molecule has 0 aliphatic carbocycles.